The first-order valence-electron chi connectivity index (χ1n) is 11.0. The van der Waals surface area contributed by atoms with E-state index < -0.39 is 22.9 Å². The molecule has 0 spiro atoms. The van der Waals surface area contributed by atoms with Gasteiger partial charge in [0.05, 0.1) is 23.4 Å². The number of hydrogen-bond acceptors (Lipinski definition) is 7. The predicted molar refractivity (Wildman–Crippen MR) is 132 cm³/mol. The zero-order chi connectivity index (χ0) is 25.1. The molecular formula is C24H25BrN4O6. The van der Waals surface area contributed by atoms with Crippen molar-refractivity contribution in [1.82, 2.24) is 20.1 Å². The molecule has 1 fully saturated rings. The normalized spacial score (nSPS) is 15.1. The highest BCUT2D eigenvalue weighted by atomic mass is 79.9. The summed E-state index contributed by atoms with van der Waals surface area (Å²) in [7, 11) is 1.58. The molecule has 1 aliphatic heterocycles. The van der Waals surface area contributed by atoms with Gasteiger partial charge in [0.1, 0.15) is 17.2 Å². The summed E-state index contributed by atoms with van der Waals surface area (Å²) < 4.78 is 18.6. The minimum Gasteiger partial charge on any atom is -0.496 e. The summed E-state index contributed by atoms with van der Waals surface area (Å²) in [5.41, 5.74) is -0.154. The number of hydrogen-bond donors (Lipinski definition) is 2. The molecule has 0 bridgehead atoms. The van der Waals surface area contributed by atoms with Gasteiger partial charge in [0, 0.05) is 13.2 Å². The molecule has 2 N–H and O–H groups in total. The average molecular weight is 545 g/mol. The van der Waals surface area contributed by atoms with Gasteiger partial charge < -0.3 is 19.5 Å². The smallest absolute Gasteiger partial charge is 0.349 e. The first-order valence-corrected chi connectivity index (χ1v) is 11.8. The molecule has 2 heterocycles. The van der Waals surface area contributed by atoms with Crippen molar-refractivity contribution in [3.05, 3.63) is 72.5 Å². The van der Waals surface area contributed by atoms with E-state index >= 15 is 0 Å². The van der Waals surface area contributed by atoms with E-state index in [9.17, 15) is 14.4 Å². The lowest BCUT2D eigenvalue weighted by Crippen LogP contribution is -2.41. The molecule has 3 aromatic rings. The number of amides is 1. The van der Waals surface area contributed by atoms with Crippen LogP contribution in [0.2, 0.25) is 0 Å². The second kappa shape index (κ2) is 10.4. The topological polar surface area (TPSA) is 125 Å². The van der Waals surface area contributed by atoms with Crippen LogP contribution in [0.1, 0.15) is 34.5 Å². The van der Waals surface area contributed by atoms with Crippen LogP contribution in [-0.4, -0.2) is 47.0 Å². The Labute approximate surface area is 209 Å². The highest BCUT2D eigenvalue weighted by Gasteiger charge is 2.21. The summed E-state index contributed by atoms with van der Waals surface area (Å²) in [6.07, 6.45) is 1.68. The quantitative estimate of drug-likeness (QED) is 0.468. The average Bonchev–Trinajstić information content (AvgIpc) is 3.34. The van der Waals surface area contributed by atoms with E-state index in [1.54, 1.807) is 37.4 Å². The second-order valence-electron chi connectivity index (χ2n) is 8.17. The highest BCUT2D eigenvalue weighted by molar-refractivity contribution is 9.10. The fourth-order valence-corrected chi connectivity index (χ4v) is 4.38. The Balaban J connectivity index is 1.61. The maximum absolute atomic E-state index is 12.6. The molecule has 1 atom stereocenters. The van der Waals surface area contributed by atoms with E-state index in [4.69, 9.17) is 14.2 Å². The van der Waals surface area contributed by atoms with Crippen molar-refractivity contribution in [1.29, 1.82) is 0 Å². The zero-order valence-corrected chi connectivity index (χ0v) is 21.1. The summed E-state index contributed by atoms with van der Waals surface area (Å²) in [5, 5.41) is 6.72. The molecule has 0 aliphatic carbocycles. The van der Waals surface area contributed by atoms with Crippen LogP contribution in [0, 0.1) is 13.8 Å². The summed E-state index contributed by atoms with van der Waals surface area (Å²) in [6, 6.07) is 8.75. The lowest BCUT2D eigenvalue weighted by atomic mass is 10.1. The molecule has 4 rings (SSSR count). The first-order chi connectivity index (χ1) is 16.8. The lowest BCUT2D eigenvalue weighted by molar-refractivity contribution is 0.0850. The van der Waals surface area contributed by atoms with Crippen LogP contribution in [0.3, 0.4) is 0 Å². The molecule has 1 aliphatic rings. The van der Waals surface area contributed by atoms with Crippen LogP contribution in [0.5, 0.6) is 17.2 Å². The number of rotatable bonds is 7. The van der Waals surface area contributed by atoms with E-state index in [0.29, 0.717) is 29.5 Å². The number of carbonyl (C=O) groups excluding carboxylic acids is 1. The van der Waals surface area contributed by atoms with Gasteiger partial charge in [-0.3, -0.25) is 14.6 Å². The molecule has 0 saturated carbocycles. The molecule has 1 aromatic heterocycles. The van der Waals surface area contributed by atoms with Crippen LogP contribution in [0.4, 0.5) is 0 Å². The third kappa shape index (κ3) is 5.46. The number of methoxy groups -OCH3 is 1. The standard InChI is InChI=1S/C24H25BrN4O6/c1-13-9-15(10-14(2)21(13)35-16-6-7-19(33-3)18(25)11-16)29-24(32)27-23(31)20(28-29)22(30)26-12-17-5-4-8-34-17/h6-7,9-11,17H,4-5,8,12H2,1-3H3,(H,26,30)(H,27,31,32). The number of aromatic amines is 1. The Kier molecular flexibility index (Phi) is 7.37. The van der Waals surface area contributed by atoms with E-state index in [1.807, 2.05) is 13.8 Å². The molecule has 11 heteroatoms. The highest BCUT2D eigenvalue weighted by Crippen LogP contribution is 2.34. The monoisotopic (exact) mass is 544 g/mol. The Hall–Kier alpha value is -3.44. The van der Waals surface area contributed by atoms with Gasteiger partial charge in [0.15, 0.2) is 0 Å². The van der Waals surface area contributed by atoms with Crippen molar-refractivity contribution in [2.75, 3.05) is 20.3 Å². The zero-order valence-electron chi connectivity index (χ0n) is 19.5. The number of nitrogens with zero attached hydrogens (tertiary/aromatic N) is 2. The fraction of sp³-hybridized carbons (Fsp3) is 0.333. The van der Waals surface area contributed by atoms with Crippen molar-refractivity contribution in [2.24, 2.45) is 0 Å². The van der Waals surface area contributed by atoms with Crippen molar-refractivity contribution < 1.29 is 19.0 Å². The van der Waals surface area contributed by atoms with E-state index in [0.717, 1.165) is 33.1 Å². The molecule has 1 amide bonds. The summed E-state index contributed by atoms with van der Waals surface area (Å²) in [4.78, 5) is 39.6. The Morgan fingerprint density at radius 3 is 2.63 bits per heavy atom. The number of nitrogens with one attached hydrogen (secondary N) is 2. The predicted octanol–water partition coefficient (Wildman–Crippen LogP) is 3.01. The van der Waals surface area contributed by atoms with Gasteiger partial charge in [-0.05, 0) is 84.1 Å². The van der Waals surface area contributed by atoms with Gasteiger partial charge in [0.2, 0.25) is 5.69 Å². The van der Waals surface area contributed by atoms with Gasteiger partial charge in [-0.15, -0.1) is 0 Å². The van der Waals surface area contributed by atoms with Crippen LogP contribution in [0.15, 0.2) is 44.4 Å². The Morgan fingerprint density at radius 1 is 1.26 bits per heavy atom. The number of aryl methyl sites for hydroxylation is 2. The molecule has 2 aromatic carbocycles. The molecule has 10 nitrogen and oxygen atoms in total. The van der Waals surface area contributed by atoms with Crippen molar-refractivity contribution >= 4 is 21.8 Å². The second-order valence-corrected chi connectivity index (χ2v) is 9.03. The number of benzene rings is 2. The fourth-order valence-electron chi connectivity index (χ4n) is 3.86. The SMILES string of the molecule is COc1ccc(Oc2c(C)cc(-n3nc(C(=O)NCC4CCCO4)c(=O)[nH]c3=O)cc2C)cc1Br. The van der Waals surface area contributed by atoms with Gasteiger partial charge in [0.25, 0.3) is 11.5 Å². The molecule has 1 unspecified atom stereocenters. The minimum absolute atomic E-state index is 0.0897. The largest absolute Gasteiger partial charge is 0.496 e. The molecule has 35 heavy (non-hydrogen) atoms. The van der Waals surface area contributed by atoms with E-state index in [-0.39, 0.29) is 12.6 Å². The third-order valence-corrected chi connectivity index (χ3v) is 6.21. The van der Waals surface area contributed by atoms with Crippen molar-refractivity contribution in [2.45, 2.75) is 32.8 Å². The minimum atomic E-state index is -0.852. The Morgan fingerprint density at radius 2 is 2.00 bits per heavy atom. The van der Waals surface area contributed by atoms with Crippen LogP contribution >= 0.6 is 15.9 Å². The van der Waals surface area contributed by atoms with E-state index in [1.165, 1.54) is 0 Å². The molecule has 1 saturated heterocycles. The van der Waals surface area contributed by atoms with E-state index in [2.05, 4.69) is 31.3 Å². The molecule has 0 radical (unpaired) electrons. The number of H-pyrrole nitrogens is 1. The lowest BCUT2D eigenvalue weighted by Gasteiger charge is -2.15. The third-order valence-electron chi connectivity index (χ3n) is 5.59. The molecular weight excluding hydrogens is 520 g/mol. The number of carbonyl (C=O) groups is 1. The van der Waals surface area contributed by atoms with Crippen molar-refractivity contribution in [3.63, 3.8) is 0 Å². The van der Waals surface area contributed by atoms with Crippen molar-refractivity contribution in [3.8, 4) is 22.9 Å². The first kappa shape index (κ1) is 24.7. The van der Waals surface area contributed by atoms with Crippen LogP contribution < -0.4 is 26.0 Å². The number of halogens is 1. The van der Waals surface area contributed by atoms with Gasteiger partial charge >= 0.3 is 5.69 Å². The van der Waals surface area contributed by atoms with Crippen LogP contribution in [0.25, 0.3) is 5.69 Å². The van der Waals surface area contributed by atoms with Gasteiger partial charge in [-0.25, -0.2) is 4.79 Å². The summed E-state index contributed by atoms with van der Waals surface area (Å²) in [6.45, 7) is 4.58. The summed E-state index contributed by atoms with van der Waals surface area (Å²) in [5.74, 6) is 1.22. The molecule has 184 valence electrons. The number of aromatic nitrogens is 3. The Bertz CT molecular complexity index is 1350. The maximum Gasteiger partial charge on any atom is 0.349 e. The van der Waals surface area contributed by atoms with Crippen LogP contribution in [-0.2, 0) is 4.74 Å². The summed E-state index contributed by atoms with van der Waals surface area (Å²) >= 11 is 3.44. The maximum atomic E-state index is 12.6. The number of ether oxygens (including phenoxy) is 3. The van der Waals surface area contributed by atoms with Gasteiger partial charge in [-0.1, -0.05) is 0 Å². The van der Waals surface area contributed by atoms with Gasteiger partial charge in [-0.2, -0.15) is 9.78 Å².